The van der Waals surface area contributed by atoms with Crippen LogP contribution in [0, 0.1) is 0 Å². The van der Waals surface area contributed by atoms with E-state index in [-0.39, 0.29) is 17.2 Å². The molecule has 1 N–H and O–H groups in total. The number of hydrogen-bond acceptors (Lipinski definition) is 5. The van der Waals surface area contributed by atoms with Crippen molar-refractivity contribution < 1.29 is 9.53 Å². The van der Waals surface area contributed by atoms with Crippen LogP contribution >= 0.6 is 11.8 Å². The Morgan fingerprint density at radius 2 is 1.76 bits per heavy atom. The SMILES string of the molecule is COc1ccc(-c2nnc(S[C@H](C)C(=O)NCc3ccccc3)n2C(C)C)cc1. The summed E-state index contributed by atoms with van der Waals surface area (Å²) in [5, 5.41) is 12.2. The molecule has 1 atom stereocenters. The second-order valence-corrected chi connectivity index (χ2v) is 8.27. The van der Waals surface area contributed by atoms with Crippen molar-refractivity contribution in [2.75, 3.05) is 7.11 Å². The molecule has 0 aliphatic rings. The first-order valence-electron chi connectivity index (χ1n) is 9.57. The number of thioether (sulfide) groups is 1. The minimum absolute atomic E-state index is 0.0249. The molecule has 2 aromatic carbocycles. The van der Waals surface area contributed by atoms with Gasteiger partial charge in [0.05, 0.1) is 12.4 Å². The lowest BCUT2D eigenvalue weighted by Gasteiger charge is -2.16. The molecule has 0 unspecified atom stereocenters. The average Bonchev–Trinajstić information content (AvgIpc) is 3.16. The maximum atomic E-state index is 12.5. The number of nitrogens with zero attached hydrogens (tertiary/aromatic N) is 3. The highest BCUT2D eigenvalue weighted by Crippen LogP contribution is 2.30. The third-order valence-electron chi connectivity index (χ3n) is 4.49. The number of carbonyl (C=O) groups excluding carboxylic acids is 1. The molecule has 0 saturated carbocycles. The normalized spacial score (nSPS) is 12.0. The highest BCUT2D eigenvalue weighted by molar-refractivity contribution is 8.00. The number of aromatic nitrogens is 3. The zero-order valence-corrected chi connectivity index (χ0v) is 17.9. The summed E-state index contributed by atoms with van der Waals surface area (Å²) in [5.41, 5.74) is 2.03. The van der Waals surface area contributed by atoms with Gasteiger partial charge in [0, 0.05) is 18.2 Å². The van der Waals surface area contributed by atoms with Gasteiger partial charge in [0.2, 0.25) is 5.91 Å². The number of benzene rings is 2. The van der Waals surface area contributed by atoms with Crippen molar-refractivity contribution in [1.82, 2.24) is 20.1 Å². The predicted octanol–water partition coefficient (Wildman–Crippen LogP) is 4.33. The van der Waals surface area contributed by atoms with Gasteiger partial charge in [-0.2, -0.15) is 0 Å². The zero-order valence-electron chi connectivity index (χ0n) is 17.1. The molecule has 0 fully saturated rings. The number of hydrogen-bond donors (Lipinski definition) is 1. The Hall–Kier alpha value is -2.80. The fraction of sp³-hybridized carbons (Fsp3) is 0.318. The van der Waals surface area contributed by atoms with Crippen LogP contribution in [0.1, 0.15) is 32.4 Å². The van der Waals surface area contributed by atoms with Crippen molar-refractivity contribution in [3.63, 3.8) is 0 Å². The van der Waals surface area contributed by atoms with Gasteiger partial charge in [0.25, 0.3) is 0 Å². The lowest BCUT2D eigenvalue weighted by atomic mass is 10.2. The molecule has 1 aromatic heterocycles. The summed E-state index contributed by atoms with van der Waals surface area (Å²) < 4.78 is 7.29. The molecule has 0 spiro atoms. The summed E-state index contributed by atoms with van der Waals surface area (Å²) in [6.45, 7) is 6.57. The molecule has 3 rings (SSSR count). The second kappa shape index (κ2) is 9.60. The molecule has 0 bridgehead atoms. The summed E-state index contributed by atoms with van der Waals surface area (Å²) in [6.07, 6.45) is 0. The molecule has 0 aliphatic heterocycles. The van der Waals surface area contributed by atoms with Gasteiger partial charge >= 0.3 is 0 Å². The van der Waals surface area contributed by atoms with Crippen molar-refractivity contribution in [2.45, 2.75) is 43.8 Å². The van der Waals surface area contributed by atoms with Crippen LogP contribution in [0.3, 0.4) is 0 Å². The predicted molar refractivity (Wildman–Crippen MR) is 116 cm³/mol. The largest absolute Gasteiger partial charge is 0.497 e. The van der Waals surface area contributed by atoms with Crippen molar-refractivity contribution in [1.29, 1.82) is 0 Å². The molecule has 0 saturated heterocycles. The van der Waals surface area contributed by atoms with Crippen LogP contribution in [0.2, 0.25) is 0 Å². The molecule has 29 heavy (non-hydrogen) atoms. The minimum Gasteiger partial charge on any atom is -0.497 e. The van der Waals surface area contributed by atoms with Crippen LogP contribution in [-0.4, -0.2) is 33.0 Å². The van der Waals surface area contributed by atoms with Gasteiger partial charge in [-0.1, -0.05) is 42.1 Å². The zero-order chi connectivity index (χ0) is 20.8. The average molecular weight is 411 g/mol. The van der Waals surface area contributed by atoms with Gasteiger partial charge in [-0.05, 0) is 50.6 Å². The number of rotatable bonds is 8. The van der Waals surface area contributed by atoms with E-state index in [0.29, 0.717) is 6.54 Å². The Balaban J connectivity index is 1.72. The summed E-state index contributed by atoms with van der Waals surface area (Å²) >= 11 is 1.42. The maximum Gasteiger partial charge on any atom is 0.233 e. The van der Waals surface area contributed by atoms with E-state index in [0.717, 1.165) is 27.9 Å². The van der Waals surface area contributed by atoms with Gasteiger partial charge in [-0.15, -0.1) is 10.2 Å². The van der Waals surface area contributed by atoms with Gasteiger partial charge in [0.1, 0.15) is 5.75 Å². The Kier molecular flexibility index (Phi) is 6.93. The van der Waals surface area contributed by atoms with E-state index in [1.54, 1.807) is 7.11 Å². The van der Waals surface area contributed by atoms with Crippen LogP contribution in [0.4, 0.5) is 0 Å². The highest BCUT2D eigenvalue weighted by Gasteiger charge is 2.22. The van der Waals surface area contributed by atoms with Crippen LogP contribution in [-0.2, 0) is 11.3 Å². The fourth-order valence-electron chi connectivity index (χ4n) is 2.90. The topological polar surface area (TPSA) is 69.0 Å². The van der Waals surface area contributed by atoms with Gasteiger partial charge < -0.3 is 10.1 Å². The summed E-state index contributed by atoms with van der Waals surface area (Å²) in [6, 6.07) is 17.8. The van der Waals surface area contributed by atoms with Crippen molar-refractivity contribution in [3.05, 3.63) is 60.2 Å². The molecule has 3 aromatic rings. The second-order valence-electron chi connectivity index (χ2n) is 6.96. The summed E-state index contributed by atoms with van der Waals surface area (Å²) in [7, 11) is 1.64. The maximum absolute atomic E-state index is 12.5. The number of methoxy groups -OCH3 is 1. The van der Waals surface area contributed by atoms with E-state index in [9.17, 15) is 4.79 Å². The molecule has 7 heteroatoms. The van der Waals surface area contributed by atoms with E-state index in [1.165, 1.54) is 11.8 Å². The summed E-state index contributed by atoms with van der Waals surface area (Å²) in [5.74, 6) is 1.55. The Morgan fingerprint density at radius 1 is 1.07 bits per heavy atom. The van der Waals surface area contributed by atoms with Crippen LogP contribution in [0.15, 0.2) is 59.8 Å². The third-order valence-corrected chi connectivity index (χ3v) is 5.55. The first-order valence-corrected chi connectivity index (χ1v) is 10.4. The molecule has 6 nitrogen and oxygen atoms in total. The van der Waals surface area contributed by atoms with Crippen LogP contribution < -0.4 is 10.1 Å². The van der Waals surface area contributed by atoms with E-state index in [2.05, 4.69) is 33.9 Å². The fourth-order valence-corrected chi connectivity index (χ4v) is 3.91. The Bertz CT molecular complexity index is 939. The van der Waals surface area contributed by atoms with Crippen molar-refractivity contribution in [3.8, 4) is 17.1 Å². The Morgan fingerprint density at radius 3 is 2.38 bits per heavy atom. The Labute approximate surface area is 175 Å². The summed E-state index contributed by atoms with van der Waals surface area (Å²) in [4.78, 5) is 12.5. The first kappa shape index (κ1) is 20.9. The molecule has 0 aliphatic carbocycles. The minimum atomic E-state index is -0.288. The monoisotopic (exact) mass is 410 g/mol. The lowest BCUT2D eigenvalue weighted by Crippen LogP contribution is -2.30. The van der Waals surface area contributed by atoms with E-state index >= 15 is 0 Å². The number of carbonyl (C=O) groups is 1. The quantitative estimate of drug-likeness (QED) is 0.560. The van der Waals surface area contributed by atoms with Crippen molar-refractivity contribution in [2.24, 2.45) is 0 Å². The van der Waals surface area contributed by atoms with E-state index < -0.39 is 0 Å². The number of amides is 1. The van der Waals surface area contributed by atoms with Crippen LogP contribution in [0.25, 0.3) is 11.4 Å². The van der Waals surface area contributed by atoms with Gasteiger partial charge in [0.15, 0.2) is 11.0 Å². The van der Waals surface area contributed by atoms with E-state index in [1.807, 2.05) is 61.5 Å². The standard InChI is InChI=1S/C22H26N4O2S/c1-15(2)26-20(18-10-12-19(28-4)13-11-18)24-25-22(26)29-16(3)21(27)23-14-17-8-6-5-7-9-17/h5-13,15-16H,14H2,1-4H3,(H,23,27)/t16-/m1/s1. The van der Waals surface area contributed by atoms with Crippen molar-refractivity contribution >= 4 is 17.7 Å². The highest BCUT2D eigenvalue weighted by atomic mass is 32.2. The molecule has 1 heterocycles. The molecule has 0 radical (unpaired) electrons. The molecular weight excluding hydrogens is 384 g/mol. The molecule has 1 amide bonds. The third kappa shape index (κ3) is 5.17. The molecular formula is C22H26N4O2S. The number of ether oxygens (including phenoxy) is 1. The lowest BCUT2D eigenvalue weighted by molar-refractivity contribution is -0.120. The number of nitrogens with one attached hydrogen (secondary N) is 1. The van der Waals surface area contributed by atoms with E-state index in [4.69, 9.17) is 4.74 Å². The van der Waals surface area contributed by atoms with Crippen LogP contribution in [0.5, 0.6) is 5.75 Å². The molecule has 152 valence electrons. The first-order chi connectivity index (χ1) is 14.0. The van der Waals surface area contributed by atoms with Gasteiger partial charge in [-0.25, -0.2) is 0 Å². The van der Waals surface area contributed by atoms with Gasteiger partial charge in [-0.3, -0.25) is 9.36 Å². The smallest absolute Gasteiger partial charge is 0.233 e.